The minimum Gasteiger partial charge on any atom is -0.412 e. The second kappa shape index (κ2) is 9.31. The van der Waals surface area contributed by atoms with Gasteiger partial charge in [0.1, 0.15) is 0 Å². The van der Waals surface area contributed by atoms with Crippen LogP contribution >= 0.6 is 8.38 Å². The maximum absolute atomic E-state index is 8.47. The lowest BCUT2D eigenvalue weighted by Crippen LogP contribution is -1.82. The van der Waals surface area contributed by atoms with Gasteiger partial charge in [0.25, 0.3) is 0 Å². The molecule has 4 heteroatoms. The van der Waals surface area contributed by atoms with Crippen LogP contribution in [0.25, 0.3) is 0 Å². The van der Waals surface area contributed by atoms with Crippen LogP contribution in [0.3, 0.4) is 0 Å². The lowest BCUT2D eigenvalue weighted by atomic mass is 10.2. The van der Waals surface area contributed by atoms with Crippen molar-refractivity contribution in [3.05, 3.63) is 0 Å². The van der Waals surface area contributed by atoms with Gasteiger partial charge in [0.15, 0.2) is 8.38 Å². The predicted octanol–water partition coefficient (Wildman–Crippen LogP) is 1.04. The Kier molecular flexibility index (Phi) is 12.0. The first-order chi connectivity index (χ1) is 4.27. The van der Waals surface area contributed by atoms with Crippen molar-refractivity contribution in [1.82, 2.24) is 0 Å². The average Bonchev–Trinajstić information content (AvgIpc) is 1.80. The second-order valence-electron chi connectivity index (χ2n) is 2.16. The monoisotopic (exact) mass is 168 g/mol. The summed E-state index contributed by atoms with van der Waals surface area (Å²) in [6, 6.07) is 0. The highest BCUT2D eigenvalue weighted by Gasteiger charge is 1.95. The molecule has 0 unspecified atom stereocenters. The largest absolute Gasteiger partial charge is 0.412 e. The van der Waals surface area contributed by atoms with E-state index in [1.807, 2.05) is 0 Å². The molecule has 0 aromatic rings. The molecular formula is C6H17O3P. The first-order valence-corrected chi connectivity index (χ1v) is 4.86. The first kappa shape index (κ1) is 12.9. The zero-order valence-corrected chi connectivity index (χ0v) is 7.27. The zero-order chi connectivity index (χ0) is 7.11. The van der Waals surface area contributed by atoms with Crippen molar-refractivity contribution in [2.75, 3.05) is 6.16 Å². The van der Waals surface area contributed by atoms with Gasteiger partial charge in [-0.1, -0.05) is 26.2 Å². The number of hydrogen-bond acceptors (Lipinski definition) is 2. The molecule has 3 nitrogen and oxygen atoms in total. The van der Waals surface area contributed by atoms with Gasteiger partial charge in [-0.3, -0.25) is 0 Å². The maximum Gasteiger partial charge on any atom is 0.164 e. The SMILES string of the molecule is CCCCCCP(O)O.O. The molecule has 0 radical (unpaired) electrons. The van der Waals surface area contributed by atoms with E-state index in [0.717, 1.165) is 12.8 Å². The van der Waals surface area contributed by atoms with Crippen molar-refractivity contribution in [1.29, 1.82) is 0 Å². The Morgan fingerprint density at radius 3 is 2.10 bits per heavy atom. The van der Waals surface area contributed by atoms with Gasteiger partial charge in [-0.25, -0.2) is 0 Å². The quantitative estimate of drug-likeness (QED) is 0.475. The standard InChI is InChI=1S/C6H15O2P.H2O/c1-2-3-4-5-6-9(7)8;/h7-8H,2-6H2,1H3;1H2. The fraction of sp³-hybridized carbons (Fsp3) is 1.00. The molecule has 10 heavy (non-hydrogen) atoms. The molecule has 0 aliphatic heterocycles. The predicted molar refractivity (Wildman–Crippen MR) is 44.0 cm³/mol. The Bertz CT molecular complexity index is 59.0. The molecule has 0 bridgehead atoms. The fourth-order valence-electron chi connectivity index (χ4n) is 0.680. The van der Waals surface area contributed by atoms with Crippen molar-refractivity contribution in [3.63, 3.8) is 0 Å². The highest BCUT2D eigenvalue weighted by molar-refractivity contribution is 7.45. The van der Waals surface area contributed by atoms with E-state index < -0.39 is 8.38 Å². The van der Waals surface area contributed by atoms with E-state index in [4.69, 9.17) is 9.79 Å². The Labute approximate surface area is 63.3 Å². The van der Waals surface area contributed by atoms with E-state index in [0.29, 0.717) is 6.16 Å². The summed E-state index contributed by atoms with van der Waals surface area (Å²) in [7, 11) is -1.62. The van der Waals surface area contributed by atoms with Gasteiger partial charge < -0.3 is 15.3 Å². The highest BCUT2D eigenvalue weighted by atomic mass is 31.2. The molecule has 64 valence electrons. The Morgan fingerprint density at radius 2 is 1.70 bits per heavy atom. The summed E-state index contributed by atoms with van der Waals surface area (Å²) in [6.45, 7) is 2.14. The number of rotatable bonds is 5. The number of unbranched alkanes of at least 4 members (excludes halogenated alkanes) is 3. The van der Waals surface area contributed by atoms with Crippen molar-refractivity contribution >= 4 is 8.38 Å². The molecule has 0 aliphatic carbocycles. The van der Waals surface area contributed by atoms with Crippen LogP contribution in [0.15, 0.2) is 0 Å². The molecule has 0 saturated heterocycles. The van der Waals surface area contributed by atoms with Crippen LogP contribution < -0.4 is 0 Å². The van der Waals surface area contributed by atoms with Crippen LogP contribution in [-0.2, 0) is 0 Å². The van der Waals surface area contributed by atoms with Crippen molar-refractivity contribution in [2.24, 2.45) is 0 Å². The van der Waals surface area contributed by atoms with Crippen molar-refractivity contribution in [3.8, 4) is 0 Å². The maximum atomic E-state index is 8.47. The van der Waals surface area contributed by atoms with Gasteiger partial charge in [0.05, 0.1) is 0 Å². The van der Waals surface area contributed by atoms with Gasteiger partial charge >= 0.3 is 0 Å². The van der Waals surface area contributed by atoms with Crippen LogP contribution in [0.2, 0.25) is 0 Å². The molecule has 0 saturated carbocycles. The van der Waals surface area contributed by atoms with Gasteiger partial charge in [-0.2, -0.15) is 0 Å². The second-order valence-corrected chi connectivity index (χ2v) is 3.35. The van der Waals surface area contributed by atoms with Gasteiger partial charge in [-0.15, -0.1) is 0 Å². The number of hydrogen-bond donors (Lipinski definition) is 2. The molecule has 0 atom stereocenters. The molecule has 0 aromatic heterocycles. The van der Waals surface area contributed by atoms with Gasteiger partial charge in [0, 0.05) is 6.16 Å². The van der Waals surface area contributed by atoms with E-state index in [-0.39, 0.29) is 5.48 Å². The first-order valence-electron chi connectivity index (χ1n) is 3.42. The van der Waals surface area contributed by atoms with Crippen LogP contribution in [-0.4, -0.2) is 21.4 Å². The third kappa shape index (κ3) is 11.2. The summed E-state index contributed by atoms with van der Waals surface area (Å²) in [5.74, 6) is 0. The lowest BCUT2D eigenvalue weighted by molar-refractivity contribution is 0.478. The zero-order valence-electron chi connectivity index (χ0n) is 6.38. The molecule has 4 N–H and O–H groups in total. The van der Waals surface area contributed by atoms with E-state index in [9.17, 15) is 0 Å². The Balaban J connectivity index is 0. The van der Waals surface area contributed by atoms with Crippen LogP contribution in [0.5, 0.6) is 0 Å². The topological polar surface area (TPSA) is 72.0 Å². The minimum absolute atomic E-state index is 0. The summed E-state index contributed by atoms with van der Waals surface area (Å²) >= 11 is 0. The van der Waals surface area contributed by atoms with Crippen LogP contribution in [0.1, 0.15) is 32.6 Å². The van der Waals surface area contributed by atoms with Crippen molar-refractivity contribution < 1.29 is 15.3 Å². The molecular weight excluding hydrogens is 151 g/mol. The van der Waals surface area contributed by atoms with E-state index in [1.54, 1.807) is 0 Å². The summed E-state index contributed by atoms with van der Waals surface area (Å²) in [4.78, 5) is 16.9. The fourth-order valence-corrected chi connectivity index (χ4v) is 1.19. The smallest absolute Gasteiger partial charge is 0.164 e. The van der Waals surface area contributed by atoms with Gasteiger partial charge in [0.2, 0.25) is 0 Å². The molecule has 0 rings (SSSR count). The molecule has 0 aliphatic rings. The molecule has 0 fully saturated rings. The third-order valence-electron chi connectivity index (χ3n) is 1.21. The summed E-state index contributed by atoms with van der Waals surface area (Å²) in [5, 5.41) is 0. The van der Waals surface area contributed by atoms with E-state index in [2.05, 4.69) is 6.92 Å². The van der Waals surface area contributed by atoms with E-state index >= 15 is 0 Å². The van der Waals surface area contributed by atoms with Gasteiger partial charge in [-0.05, 0) is 6.42 Å². The summed E-state index contributed by atoms with van der Waals surface area (Å²) in [6.07, 6.45) is 5.11. The Morgan fingerprint density at radius 1 is 1.10 bits per heavy atom. The summed E-state index contributed by atoms with van der Waals surface area (Å²) in [5.41, 5.74) is 0. The molecule has 0 aromatic carbocycles. The lowest BCUT2D eigenvalue weighted by Gasteiger charge is -1.99. The third-order valence-corrected chi connectivity index (χ3v) is 1.93. The van der Waals surface area contributed by atoms with Crippen LogP contribution in [0, 0.1) is 0 Å². The van der Waals surface area contributed by atoms with Crippen molar-refractivity contribution in [2.45, 2.75) is 32.6 Å². The molecule has 0 spiro atoms. The van der Waals surface area contributed by atoms with Crippen LogP contribution in [0.4, 0.5) is 0 Å². The summed E-state index contributed by atoms with van der Waals surface area (Å²) < 4.78 is 0. The average molecular weight is 168 g/mol. The normalized spacial score (nSPS) is 9.60. The molecule has 0 heterocycles. The highest BCUT2D eigenvalue weighted by Crippen LogP contribution is 2.24. The Hall–Kier alpha value is 0.310. The molecule has 0 amide bonds. The minimum atomic E-state index is -1.62. The van der Waals surface area contributed by atoms with E-state index in [1.165, 1.54) is 12.8 Å².